The van der Waals surface area contributed by atoms with E-state index in [4.69, 9.17) is 16.0 Å². The fourth-order valence-electron chi connectivity index (χ4n) is 2.37. The van der Waals surface area contributed by atoms with E-state index >= 15 is 0 Å². The fourth-order valence-corrected chi connectivity index (χ4v) is 2.57. The molecule has 1 N–H and O–H groups in total. The molecule has 1 aliphatic heterocycles. The number of halogens is 1. The van der Waals surface area contributed by atoms with Crippen molar-refractivity contribution in [1.29, 1.82) is 0 Å². The average Bonchev–Trinajstić information content (AvgIpc) is 2.85. The monoisotopic (exact) mass is 298 g/mol. The SMILES string of the molecule is CCCC(=O)NC1CCN(C(=O)c2ccoc2Cl)CC1. The minimum atomic E-state index is -0.109. The fraction of sp³-hybridized carbons (Fsp3) is 0.571. The van der Waals surface area contributed by atoms with Gasteiger partial charge >= 0.3 is 0 Å². The summed E-state index contributed by atoms with van der Waals surface area (Å²) in [5.74, 6) is -0.0164. The molecule has 110 valence electrons. The third kappa shape index (κ3) is 3.54. The van der Waals surface area contributed by atoms with Crippen LogP contribution >= 0.6 is 11.6 Å². The highest BCUT2D eigenvalue weighted by molar-refractivity contribution is 6.32. The summed E-state index contributed by atoms with van der Waals surface area (Å²) in [4.78, 5) is 25.5. The van der Waals surface area contributed by atoms with Crippen LogP contribution in [0.4, 0.5) is 0 Å². The van der Waals surface area contributed by atoms with Crippen molar-refractivity contribution in [3.8, 4) is 0 Å². The Morgan fingerprint density at radius 1 is 1.45 bits per heavy atom. The minimum absolute atomic E-state index is 0.0927. The molecular formula is C14H19ClN2O3. The number of hydrogen-bond acceptors (Lipinski definition) is 3. The molecule has 0 saturated carbocycles. The Morgan fingerprint density at radius 2 is 2.15 bits per heavy atom. The summed E-state index contributed by atoms with van der Waals surface area (Å²) in [5.41, 5.74) is 0.403. The lowest BCUT2D eigenvalue weighted by molar-refractivity contribution is -0.122. The van der Waals surface area contributed by atoms with E-state index in [1.165, 1.54) is 6.26 Å². The second-order valence-corrected chi connectivity index (χ2v) is 5.34. The van der Waals surface area contributed by atoms with E-state index in [2.05, 4.69) is 5.32 Å². The second-order valence-electron chi connectivity index (χ2n) is 4.99. The molecule has 6 heteroatoms. The maximum atomic E-state index is 12.2. The van der Waals surface area contributed by atoms with Gasteiger partial charge in [-0.05, 0) is 36.9 Å². The highest BCUT2D eigenvalue weighted by Gasteiger charge is 2.26. The van der Waals surface area contributed by atoms with Crippen LogP contribution in [0.25, 0.3) is 0 Å². The Bertz CT molecular complexity index is 479. The highest BCUT2D eigenvalue weighted by Crippen LogP contribution is 2.21. The highest BCUT2D eigenvalue weighted by atomic mass is 35.5. The number of piperidine rings is 1. The molecule has 2 rings (SSSR count). The van der Waals surface area contributed by atoms with Crippen molar-refractivity contribution in [2.45, 2.75) is 38.6 Å². The molecule has 0 radical (unpaired) electrons. The molecule has 0 spiro atoms. The molecule has 2 heterocycles. The van der Waals surface area contributed by atoms with Gasteiger partial charge in [-0.25, -0.2) is 0 Å². The lowest BCUT2D eigenvalue weighted by Gasteiger charge is -2.32. The van der Waals surface area contributed by atoms with Crippen LogP contribution in [0.3, 0.4) is 0 Å². The average molecular weight is 299 g/mol. The van der Waals surface area contributed by atoms with E-state index in [0.717, 1.165) is 19.3 Å². The Morgan fingerprint density at radius 3 is 2.70 bits per heavy atom. The number of nitrogens with one attached hydrogen (secondary N) is 1. The van der Waals surface area contributed by atoms with Gasteiger partial charge < -0.3 is 14.6 Å². The summed E-state index contributed by atoms with van der Waals surface area (Å²) < 4.78 is 4.94. The van der Waals surface area contributed by atoms with Crippen molar-refractivity contribution >= 4 is 23.4 Å². The summed E-state index contributed by atoms with van der Waals surface area (Å²) in [7, 11) is 0. The first-order valence-corrected chi connectivity index (χ1v) is 7.31. The van der Waals surface area contributed by atoms with E-state index in [1.54, 1.807) is 11.0 Å². The normalized spacial score (nSPS) is 16.2. The Kier molecular flexibility index (Phi) is 5.06. The topological polar surface area (TPSA) is 62.6 Å². The molecule has 0 aromatic carbocycles. The van der Waals surface area contributed by atoms with Gasteiger partial charge in [-0.3, -0.25) is 9.59 Å². The molecule has 5 nitrogen and oxygen atoms in total. The Hall–Kier alpha value is -1.49. The number of carbonyl (C=O) groups is 2. The van der Waals surface area contributed by atoms with Crippen molar-refractivity contribution in [3.63, 3.8) is 0 Å². The van der Waals surface area contributed by atoms with Gasteiger partial charge in [0.2, 0.25) is 11.1 Å². The summed E-state index contributed by atoms with van der Waals surface area (Å²) >= 11 is 5.81. The molecule has 1 saturated heterocycles. The second kappa shape index (κ2) is 6.79. The van der Waals surface area contributed by atoms with Crippen LogP contribution in [0.5, 0.6) is 0 Å². The lowest BCUT2D eigenvalue weighted by atomic mass is 10.0. The smallest absolute Gasteiger partial charge is 0.258 e. The Balaban J connectivity index is 1.84. The number of nitrogens with zero attached hydrogens (tertiary/aromatic N) is 1. The van der Waals surface area contributed by atoms with E-state index in [9.17, 15) is 9.59 Å². The predicted molar refractivity (Wildman–Crippen MR) is 75.7 cm³/mol. The number of rotatable bonds is 4. The number of furan rings is 1. The molecule has 0 aliphatic carbocycles. The van der Waals surface area contributed by atoms with Crippen LogP contribution < -0.4 is 5.32 Å². The van der Waals surface area contributed by atoms with Crippen molar-refractivity contribution in [3.05, 3.63) is 23.1 Å². The van der Waals surface area contributed by atoms with Crippen LogP contribution in [0.1, 0.15) is 43.0 Å². The van der Waals surface area contributed by atoms with E-state index in [0.29, 0.717) is 25.1 Å². The van der Waals surface area contributed by atoms with E-state index < -0.39 is 0 Å². The molecule has 0 unspecified atom stereocenters. The summed E-state index contributed by atoms with van der Waals surface area (Å²) in [5, 5.41) is 3.14. The standard InChI is InChI=1S/C14H19ClN2O3/c1-2-3-12(18)16-10-4-7-17(8-5-10)14(19)11-6-9-20-13(11)15/h6,9-10H,2-5,7-8H2,1H3,(H,16,18). The van der Waals surface area contributed by atoms with Crippen LogP contribution in [0.15, 0.2) is 16.7 Å². The quantitative estimate of drug-likeness (QED) is 0.929. The van der Waals surface area contributed by atoms with Crippen molar-refractivity contribution in [2.24, 2.45) is 0 Å². The third-order valence-electron chi connectivity index (χ3n) is 3.47. The van der Waals surface area contributed by atoms with Gasteiger partial charge in [-0.15, -0.1) is 0 Å². The van der Waals surface area contributed by atoms with Crippen LogP contribution in [-0.4, -0.2) is 35.8 Å². The lowest BCUT2D eigenvalue weighted by Crippen LogP contribution is -2.46. The van der Waals surface area contributed by atoms with Crippen molar-refractivity contribution in [2.75, 3.05) is 13.1 Å². The van der Waals surface area contributed by atoms with Crippen LogP contribution in [0.2, 0.25) is 5.22 Å². The predicted octanol–water partition coefficient (Wildman–Crippen LogP) is 2.45. The summed E-state index contributed by atoms with van der Waals surface area (Å²) in [6.45, 7) is 3.23. The molecule has 1 fully saturated rings. The zero-order valence-corrected chi connectivity index (χ0v) is 12.3. The Labute approximate surface area is 123 Å². The maximum Gasteiger partial charge on any atom is 0.258 e. The van der Waals surface area contributed by atoms with E-state index in [-0.39, 0.29) is 23.1 Å². The van der Waals surface area contributed by atoms with E-state index in [1.807, 2.05) is 6.92 Å². The van der Waals surface area contributed by atoms with Crippen LogP contribution in [-0.2, 0) is 4.79 Å². The van der Waals surface area contributed by atoms with Gasteiger partial charge in [0.15, 0.2) is 0 Å². The molecule has 2 amide bonds. The van der Waals surface area contributed by atoms with Gasteiger partial charge in [0.1, 0.15) is 0 Å². The zero-order valence-electron chi connectivity index (χ0n) is 11.5. The molecular weight excluding hydrogens is 280 g/mol. The van der Waals surface area contributed by atoms with Crippen molar-refractivity contribution in [1.82, 2.24) is 10.2 Å². The zero-order chi connectivity index (χ0) is 14.5. The largest absolute Gasteiger partial charge is 0.452 e. The van der Waals surface area contributed by atoms with Gasteiger partial charge in [-0.2, -0.15) is 0 Å². The molecule has 1 aromatic heterocycles. The number of carbonyl (C=O) groups excluding carboxylic acids is 2. The number of likely N-dealkylation sites (tertiary alicyclic amines) is 1. The molecule has 0 bridgehead atoms. The molecule has 1 aromatic rings. The molecule has 20 heavy (non-hydrogen) atoms. The van der Waals surface area contributed by atoms with Crippen molar-refractivity contribution < 1.29 is 14.0 Å². The van der Waals surface area contributed by atoms with Gasteiger partial charge in [-0.1, -0.05) is 6.92 Å². The third-order valence-corrected chi connectivity index (χ3v) is 3.77. The van der Waals surface area contributed by atoms with Gasteiger partial charge in [0.05, 0.1) is 11.8 Å². The first-order chi connectivity index (χ1) is 9.61. The first kappa shape index (κ1) is 14.9. The molecule has 0 atom stereocenters. The summed E-state index contributed by atoms with van der Waals surface area (Å²) in [6.07, 6.45) is 4.37. The minimum Gasteiger partial charge on any atom is -0.452 e. The first-order valence-electron chi connectivity index (χ1n) is 6.93. The number of amides is 2. The maximum absolute atomic E-state index is 12.2. The molecule has 1 aliphatic rings. The van der Waals surface area contributed by atoms with Gasteiger partial charge in [0, 0.05) is 25.6 Å². The number of hydrogen-bond donors (Lipinski definition) is 1. The van der Waals surface area contributed by atoms with Crippen LogP contribution in [0, 0.1) is 0 Å². The summed E-state index contributed by atoms with van der Waals surface area (Å²) in [6, 6.07) is 1.75. The van der Waals surface area contributed by atoms with Gasteiger partial charge in [0.25, 0.3) is 5.91 Å².